The summed E-state index contributed by atoms with van der Waals surface area (Å²) in [7, 11) is 0. The van der Waals surface area contributed by atoms with Crippen molar-refractivity contribution in [2.45, 2.75) is 26.8 Å². The minimum atomic E-state index is 0.184. The number of aryl methyl sites for hydroxylation is 2. The molecule has 1 aliphatic heterocycles. The van der Waals surface area contributed by atoms with Gasteiger partial charge in [0.1, 0.15) is 0 Å². The Morgan fingerprint density at radius 3 is 2.63 bits per heavy atom. The van der Waals surface area contributed by atoms with E-state index in [1.54, 1.807) is 11.3 Å². The van der Waals surface area contributed by atoms with Gasteiger partial charge in [-0.25, -0.2) is 0 Å². The molecule has 2 heterocycles. The van der Waals surface area contributed by atoms with E-state index in [2.05, 4.69) is 49.1 Å². The van der Waals surface area contributed by atoms with E-state index in [4.69, 9.17) is 0 Å². The van der Waals surface area contributed by atoms with Crippen molar-refractivity contribution in [3.63, 3.8) is 0 Å². The van der Waals surface area contributed by atoms with Crippen molar-refractivity contribution in [2.24, 2.45) is 0 Å². The van der Waals surface area contributed by atoms with Crippen LogP contribution in [0.3, 0.4) is 0 Å². The molecule has 1 amide bonds. The second-order valence-electron chi connectivity index (χ2n) is 7.49. The Bertz CT molecular complexity index is 929. The van der Waals surface area contributed by atoms with Crippen LogP contribution in [0.5, 0.6) is 0 Å². The highest BCUT2D eigenvalue weighted by Gasteiger charge is 2.22. The molecule has 0 N–H and O–H groups in total. The number of carbonyl (C=O) groups excluding carboxylic acids is 1. The minimum absolute atomic E-state index is 0.184. The van der Waals surface area contributed by atoms with Gasteiger partial charge in [0, 0.05) is 37.4 Å². The highest BCUT2D eigenvalue weighted by molar-refractivity contribution is 7.20. The summed E-state index contributed by atoms with van der Waals surface area (Å²) < 4.78 is 1.19. The van der Waals surface area contributed by atoms with E-state index in [1.165, 1.54) is 21.4 Å². The maximum absolute atomic E-state index is 13.0. The first-order valence-electron chi connectivity index (χ1n) is 9.66. The average Bonchev–Trinajstić information content (AvgIpc) is 2.97. The molecular weight excluding hydrogens is 352 g/mol. The first-order chi connectivity index (χ1) is 13.1. The van der Waals surface area contributed by atoms with Crippen LogP contribution in [0.1, 0.15) is 32.8 Å². The average molecular weight is 379 g/mol. The molecule has 1 saturated heterocycles. The SMILES string of the molecule is Cc1ccc(CN2CCCN(C(=O)c3cc4ccccc4s3)CC2)cc1C. The molecule has 1 aliphatic rings. The van der Waals surface area contributed by atoms with Crippen LogP contribution in [0.15, 0.2) is 48.5 Å². The van der Waals surface area contributed by atoms with Gasteiger partial charge in [-0.15, -0.1) is 11.3 Å². The van der Waals surface area contributed by atoms with Crippen molar-refractivity contribution in [3.8, 4) is 0 Å². The summed E-state index contributed by atoms with van der Waals surface area (Å²) in [6.45, 7) is 8.92. The maximum Gasteiger partial charge on any atom is 0.264 e. The van der Waals surface area contributed by atoms with E-state index in [1.807, 2.05) is 23.1 Å². The standard InChI is InChI=1S/C23H26N2OS/c1-17-8-9-19(14-18(17)2)16-24-10-5-11-25(13-12-24)23(26)22-15-20-6-3-4-7-21(20)27-22/h3-4,6-9,14-15H,5,10-13,16H2,1-2H3. The fourth-order valence-electron chi connectivity index (χ4n) is 3.74. The molecular formula is C23H26N2OS. The third kappa shape index (κ3) is 4.07. The van der Waals surface area contributed by atoms with Crippen LogP contribution in [-0.4, -0.2) is 41.9 Å². The number of rotatable bonds is 3. The van der Waals surface area contributed by atoms with Gasteiger partial charge in [-0.3, -0.25) is 9.69 Å². The molecule has 0 spiro atoms. The Labute approximate surface area is 165 Å². The quantitative estimate of drug-likeness (QED) is 0.649. The van der Waals surface area contributed by atoms with Gasteiger partial charge in [0.25, 0.3) is 5.91 Å². The summed E-state index contributed by atoms with van der Waals surface area (Å²) in [5, 5.41) is 1.16. The lowest BCUT2D eigenvalue weighted by Gasteiger charge is -2.22. The van der Waals surface area contributed by atoms with Crippen molar-refractivity contribution in [1.82, 2.24) is 9.80 Å². The number of carbonyl (C=O) groups is 1. The second kappa shape index (κ2) is 7.83. The van der Waals surface area contributed by atoms with Gasteiger partial charge in [-0.05, 0) is 54.5 Å². The van der Waals surface area contributed by atoms with Crippen molar-refractivity contribution < 1.29 is 4.79 Å². The van der Waals surface area contributed by atoms with Crippen LogP contribution in [-0.2, 0) is 6.54 Å². The van der Waals surface area contributed by atoms with Gasteiger partial charge in [0.2, 0.25) is 0 Å². The van der Waals surface area contributed by atoms with Crippen molar-refractivity contribution in [1.29, 1.82) is 0 Å². The molecule has 140 valence electrons. The lowest BCUT2D eigenvalue weighted by atomic mass is 10.1. The van der Waals surface area contributed by atoms with Gasteiger partial charge in [0.15, 0.2) is 0 Å². The molecule has 3 nitrogen and oxygen atoms in total. The Morgan fingerprint density at radius 1 is 0.963 bits per heavy atom. The van der Waals surface area contributed by atoms with E-state index < -0.39 is 0 Å². The van der Waals surface area contributed by atoms with Gasteiger partial charge in [0.05, 0.1) is 4.88 Å². The third-order valence-corrected chi connectivity index (χ3v) is 6.59. The van der Waals surface area contributed by atoms with E-state index in [0.717, 1.165) is 49.4 Å². The third-order valence-electron chi connectivity index (χ3n) is 5.49. The fourth-order valence-corrected chi connectivity index (χ4v) is 4.77. The van der Waals surface area contributed by atoms with Gasteiger partial charge < -0.3 is 4.90 Å². The normalized spacial score (nSPS) is 15.9. The van der Waals surface area contributed by atoms with Gasteiger partial charge >= 0.3 is 0 Å². The first kappa shape index (κ1) is 18.2. The number of amides is 1. The Balaban J connectivity index is 1.41. The number of thiophene rings is 1. The molecule has 3 aromatic rings. The van der Waals surface area contributed by atoms with Crippen LogP contribution in [0, 0.1) is 13.8 Å². The predicted octanol–water partition coefficient (Wildman–Crippen LogP) is 4.87. The lowest BCUT2D eigenvalue weighted by Crippen LogP contribution is -2.34. The van der Waals surface area contributed by atoms with Crippen molar-refractivity contribution in [3.05, 3.63) is 70.1 Å². The van der Waals surface area contributed by atoms with Crippen LogP contribution in [0.25, 0.3) is 10.1 Å². The van der Waals surface area contributed by atoms with Crippen molar-refractivity contribution >= 4 is 27.3 Å². The minimum Gasteiger partial charge on any atom is -0.337 e. The molecule has 2 aromatic carbocycles. The summed E-state index contributed by atoms with van der Waals surface area (Å²) in [5.41, 5.74) is 4.06. The summed E-state index contributed by atoms with van der Waals surface area (Å²) in [6, 6.07) is 17.0. The predicted molar refractivity (Wildman–Crippen MR) is 114 cm³/mol. The van der Waals surface area contributed by atoms with Crippen LogP contribution >= 0.6 is 11.3 Å². The molecule has 0 radical (unpaired) electrons. The fraction of sp³-hybridized carbons (Fsp3) is 0.348. The van der Waals surface area contributed by atoms with E-state index in [0.29, 0.717) is 0 Å². The highest BCUT2D eigenvalue weighted by Crippen LogP contribution is 2.26. The van der Waals surface area contributed by atoms with Crippen LogP contribution < -0.4 is 0 Å². The monoisotopic (exact) mass is 378 g/mol. The maximum atomic E-state index is 13.0. The highest BCUT2D eigenvalue weighted by atomic mass is 32.1. The molecule has 0 saturated carbocycles. The summed E-state index contributed by atoms with van der Waals surface area (Å²) in [6.07, 6.45) is 1.03. The zero-order valence-electron chi connectivity index (χ0n) is 16.1. The van der Waals surface area contributed by atoms with Gasteiger partial charge in [-0.1, -0.05) is 36.4 Å². The van der Waals surface area contributed by atoms with Crippen LogP contribution in [0.2, 0.25) is 0 Å². The first-order valence-corrected chi connectivity index (χ1v) is 10.5. The number of benzene rings is 2. The smallest absolute Gasteiger partial charge is 0.264 e. The number of hydrogen-bond donors (Lipinski definition) is 0. The second-order valence-corrected chi connectivity index (χ2v) is 8.57. The largest absolute Gasteiger partial charge is 0.337 e. The Hall–Kier alpha value is -2.17. The van der Waals surface area contributed by atoms with E-state index in [-0.39, 0.29) is 5.91 Å². The Kier molecular flexibility index (Phi) is 5.28. The molecule has 0 atom stereocenters. The zero-order chi connectivity index (χ0) is 18.8. The van der Waals surface area contributed by atoms with E-state index in [9.17, 15) is 4.79 Å². The molecule has 4 heteroatoms. The number of fused-ring (bicyclic) bond motifs is 1. The number of nitrogens with zero attached hydrogens (tertiary/aromatic N) is 2. The Morgan fingerprint density at radius 2 is 1.81 bits per heavy atom. The molecule has 4 rings (SSSR count). The molecule has 27 heavy (non-hydrogen) atoms. The topological polar surface area (TPSA) is 23.6 Å². The lowest BCUT2D eigenvalue weighted by molar-refractivity contribution is 0.0766. The zero-order valence-corrected chi connectivity index (χ0v) is 16.9. The summed E-state index contributed by atoms with van der Waals surface area (Å²) in [5.74, 6) is 0.184. The molecule has 0 unspecified atom stereocenters. The van der Waals surface area contributed by atoms with Crippen LogP contribution in [0.4, 0.5) is 0 Å². The molecule has 1 aromatic heterocycles. The van der Waals surface area contributed by atoms with Crippen molar-refractivity contribution in [2.75, 3.05) is 26.2 Å². The van der Waals surface area contributed by atoms with E-state index >= 15 is 0 Å². The number of hydrogen-bond acceptors (Lipinski definition) is 3. The molecule has 0 bridgehead atoms. The molecule has 0 aliphatic carbocycles. The summed E-state index contributed by atoms with van der Waals surface area (Å²) >= 11 is 1.61. The van der Waals surface area contributed by atoms with Gasteiger partial charge in [-0.2, -0.15) is 0 Å². The summed E-state index contributed by atoms with van der Waals surface area (Å²) in [4.78, 5) is 18.4. The molecule has 1 fully saturated rings.